The fourth-order valence-electron chi connectivity index (χ4n) is 2.65. The molecule has 0 spiro atoms. The van der Waals surface area contributed by atoms with Crippen LogP contribution in [0.2, 0.25) is 0 Å². The van der Waals surface area contributed by atoms with Crippen molar-refractivity contribution in [3.05, 3.63) is 33.8 Å². The second-order valence-electron chi connectivity index (χ2n) is 5.76. The maximum absolute atomic E-state index is 12.1. The molecule has 1 saturated heterocycles. The van der Waals surface area contributed by atoms with Crippen molar-refractivity contribution in [1.82, 2.24) is 4.90 Å². The van der Waals surface area contributed by atoms with Crippen LogP contribution in [-0.4, -0.2) is 23.4 Å². The fraction of sp³-hybridized carbons (Fsp3) is 0.533. The lowest BCUT2D eigenvalue weighted by molar-refractivity contribution is -0.129. The first-order valence-electron chi connectivity index (χ1n) is 6.71. The van der Waals surface area contributed by atoms with Gasteiger partial charge in [-0.25, -0.2) is 0 Å². The Labute approximate surface area is 123 Å². The molecule has 2 N–H and O–H groups in total. The van der Waals surface area contributed by atoms with E-state index >= 15 is 0 Å². The molecule has 2 unspecified atom stereocenters. The molecule has 3 nitrogen and oxygen atoms in total. The van der Waals surface area contributed by atoms with Gasteiger partial charge in [0.05, 0.1) is 6.04 Å². The minimum Gasteiger partial charge on any atom is -0.334 e. The third kappa shape index (κ3) is 3.00. The smallest absolute Gasteiger partial charge is 0.224 e. The summed E-state index contributed by atoms with van der Waals surface area (Å²) in [6.45, 7) is 7.07. The molecule has 2 rings (SSSR count). The average molecular weight is 325 g/mol. The van der Waals surface area contributed by atoms with Gasteiger partial charge < -0.3 is 10.6 Å². The van der Waals surface area contributed by atoms with Crippen molar-refractivity contribution < 1.29 is 4.79 Å². The van der Waals surface area contributed by atoms with E-state index in [9.17, 15) is 4.79 Å². The molecule has 1 aliphatic heterocycles. The van der Waals surface area contributed by atoms with Gasteiger partial charge in [-0.2, -0.15) is 0 Å². The van der Waals surface area contributed by atoms with Gasteiger partial charge in [0, 0.05) is 23.5 Å². The van der Waals surface area contributed by atoms with Crippen LogP contribution in [-0.2, 0) is 4.79 Å². The van der Waals surface area contributed by atoms with E-state index in [1.165, 1.54) is 5.56 Å². The molecule has 2 atom stereocenters. The van der Waals surface area contributed by atoms with E-state index < -0.39 is 0 Å². The zero-order valence-corrected chi connectivity index (χ0v) is 13.3. The van der Waals surface area contributed by atoms with Gasteiger partial charge in [0.1, 0.15) is 0 Å². The van der Waals surface area contributed by atoms with E-state index in [0.29, 0.717) is 12.3 Å². The number of rotatable bonds is 3. The van der Waals surface area contributed by atoms with Gasteiger partial charge in [0.25, 0.3) is 0 Å². The third-order valence-corrected chi connectivity index (χ3v) is 4.43. The summed E-state index contributed by atoms with van der Waals surface area (Å²) in [7, 11) is 0. The number of carbonyl (C=O) groups is 1. The van der Waals surface area contributed by atoms with Crippen molar-refractivity contribution in [3.63, 3.8) is 0 Å². The van der Waals surface area contributed by atoms with Crippen LogP contribution < -0.4 is 5.73 Å². The van der Waals surface area contributed by atoms with Crippen LogP contribution in [0.3, 0.4) is 0 Å². The van der Waals surface area contributed by atoms with Gasteiger partial charge in [0.2, 0.25) is 5.91 Å². The molecule has 1 aromatic rings. The van der Waals surface area contributed by atoms with Crippen molar-refractivity contribution in [2.75, 3.05) is 6.54 Å². The van der Waals surface area contributed by atoms with Gasteiger partial charge in [-0.15, -0.1) is 0 Å². The van der Waals surface area contributed by atoms with Crippen molar-refractivity contribution in [1.29, 1.82) is 0 Å². The number of halogens is 1. The lowest BCUT2D eigenvalue weighted by atomic mass is 9.99. The summed E-state index contributed by atoms with van der Waals surface area (Å²) < 4.78 is 1.07. The first kappa shape index (κ1) is 14.5. The van der Waals surface area contributed by atoms with Gasteiger partial charge >= 0.3 is 0 Å². The summed E-state index contributed by atoms with van der Waals surface area (Å²) in [6, 6.07) is 6.14. The largest absolute Gasteiger partial charge is 0.334 e. The molecule has 4 heteroatoms. The van der Waals surface area contributed by atoms with Gasteiger partial charge in [-0.05, 0) is 30.0 Å². The van der Waals surface area contributed by atoms with Crippen LogP contribution in [0.15, 0.2) is 22.7 Å². The number of nitrogens with zero attached hydrogens (tertiary/aromatic N) is 1. The molecule has 0 bridgehead atoms. The summed E-state index contributed by atoms with van der Waals surface area (Å²) in [5.74, 6) is 0.619. The molecule has 19 heavy (non-hydrogen) atoms. The Bertz CT molecular complexity index is 487. The Balaban J connectivity index is 2.33. The molecule has 1 aromatic carbocycles. The summed E-state index contributed by atoms with van der Waals surface area (Å²) >= 11 is 3.55. The maximum Gasteiger partial charge on any atom is 0.224 e. The summed E-state index contributed by atoms with van der Waals surface area (Å²) in [5, 5.41) is 0. The number of nitrogens with two attached hydrogens (primary N) is 1. The minimum atomic E-state index is -0.110. The van der Waals surface area contributed by atoms with E-state index in [4.69, 9.17) is 5.73 Å². The molecule has 1 aliphatic rings. The molecule has 0 saturated carbocycles. The second kappa shape index (κ2) is 5.63. The van der Waals surface area contributed by atoms with E-state index in [1.54, 1.807) is 0 Å². The zero-order chi connectivity index (χ0) is 14.2. The topological polar surface area (TPSA) is 46.3 Å². The number of benzene rings is 1. The molecule has 104 valence electrons. The van der Waals surface area contributed by atoms with E-state index in [0.717, 1.165) is 16.6 Å². The monoisotopic (exact) mass is 324 g/mol. The Kier molecular flexibility index (Phi) is 4.31. The molecule has 0 radical (unpaired) electrons. The van der Waals surface area contributed by atoms with Crippen LogP contribution in [0, 0.1) is 12.8 Å². The van der Waals surface area contributed by atoms with Crippen LogP contribution in [0.5, 0.6) is 0 Å². The molecule has 1 fully saturated rings. The van der Waals surface area contributed by atoms with Gasteiger partial charge in [-0.3, -0.25) is 4.79 Å². The first-order valence-corrected chi connectivity index (χ1v) is 7.50. The highest BCUT2D eigenvalue weighted by Crippen LogP contribution is 2.34. The van der Waals surface area contributed by atoms with Crippen LogP contribution in [0.25, 0.3) is 0 Å². The van der Waals surface area contributed by atoms with Crippen molar-refractivity contribution >= 4 is 21.8 Å². The fourth-order valence-corrected chi connectivity index (χ4v) is 3.04. The highest BCUT2D eigenvalue weighted by atomic mass is 79.9. The number of aryl methyl sites for hydroxylation is 1. The van der Waals surface area contributed by atoms with Crippen molar-refractivity contribution in [3.8, 4) is 0 Å². The predicted octanol–water partition coefficient (Wildman–Crippen LogP) is 3.01. The lowest BCUT2D eigenvalue weighted by Gasteiger charge is -2.29. The van der Waals surface area contributed by atoms with E-state index in [-0.39, 0.29) is 18.0 Å². The SMILES string of the molecule is Cc1ccc(C2C(N)CC(=O)N2CC(C)C)cc1Br. The Hall–Kier alpha value is -0.870. The van der Waals surface area contributed by atoms with Gasteiger partial charge in [0.15, 0.2) is 0 Å². The molecule has 1 amide bonds. The van der Waals surface area contributed by atoms with Crippen LogP contribution in [0.1, 0.15) is 37.4 Å². The highest BCUT2D eigenvalue weighted by Gasteiger charge is 2.38. The maximum atomic E-state index is 12.1. The lowest BCUT2D eigenvalue weighted by Crippen LogP contribution is -2.35. The minimum absolute atomic E-state index is 0.00630. The Morgan fingerprint density at radius 3 is 2.74 bits per heavy atom. The number of hydrogen-bond acceptors (Lipinski definition) is 2. The third-order valence-electron chi connectivity index (χ3n) is 3.57. The molecule has 1 heterocycles. The quantitative estimate of drug-likeness (QED) is 0.928. The molecule has 0 aromatic heterocycles. The zero-order valence-electron chi connectivity index (χ0n) is 11.7. The summed E-state index contributed by atoms with van der Waals surface area (Å²) in [5.41, 5.74) is 8.49. The number of likely N-dealkylation sites (tertiary alicyclic amines) is 1. The van der Waals surface area contributed by atoms with Crippen LogP contribution in [0.4, 0.5) is 0 Å². The van der Waals surface area contributed by atoms with Crippen molar-refractivity contribution in [2.45, 2.75) is 39.3 Å². The number of amides is 1. The highest BCUT2D eigenvalue weighted by molar-refractivity contribution is 9.10. The average Bonchev–Trinajstić information content (AvgIpc) is 2.57. The standard InChI is InChI=1S/C15H21BrN2O/c1-9(2)8-18-14(19)7-13(17)15(18)11-5-4-10(3)12(16)6-11/h4-6,9,13,15H,7-8,17H2,1-3H3. The Morgan fingerprint density at radius 1 is 1.47 bits per heavy atom. The molecular formula is C15H21BrN2O. The Morgan fingerprint density at radius 2 is 2.16 bits per heavy atom. The van der Waals surface area contributed by atoms with Crippen molar-refractivity contribution in [2.24, 2.45) is 11.7 Å². The van der Waals surface area contributed by atoms with Gasteiger partial charge in [-0.1, -0.05) is 41.9 Å². The summed E-state index contributed by atoms with van der Waals surface area (Å²) in [4.78, 5) is 14.0. The molecular weight excluding hydrogens is 304 g/mol. The number of hydrogen-bond donors (Lipinski definition) is 1. The normalized spacial score (nSPS) is 23.5. The molecule has 0 aliphatic carbocycles. The van der Waals surface area contributed by atoms with E-state index in [2.05, 4.69) is 54.9 Å². The first-order chi connectivity index (χ1) is 8.90. The predicted molar refractivity (Wildman–Crippen MR) is 80.8 cm³/mol. The van der Waals surface area contributed by atoms with Crippen LogP contribution >= 0.6 is 15.9 Å². The van der Waals surface area contributed by atoms with E-state index in [1.807, 2.05) is 4.90 Å². The summed E-state index contributed by atoms with van der Waals surface area (Å²) in [6.07, 6.45) is 0.447. The second-order valence-corrected chi connectivity index (χ2v) is 6.62. The number of carbonyl (C=O) groups excluding carboxylic acids is 1.